The topological polar surface area (TPSA) is 78.4 Å². The number of likely N-dealkylation sites (tertiary alicyclic amines) is 1. The average Bonchev–Trinajstić information content (AvgIpc) is 3.24. The van der Waals surface area contributed by atoms with E-state index in [0.29, 0.717) is 31.0 Å². The first kappa shape index (κ1) is 21.3. The van der Waals surface area contributed by atoms with Crippen molar-refractivity contribution in [1.29, 1.82) is 0 Å². The van der Waals surface area contributed by atoms with Gasteiger partial charge in [-0.1, -0.05) is 13.8 Å². The summed E-state index contributed by atoms with van der Waals surface area (Å²) in [6.45, 7) is 7.42. The van der Waals surface area contributed by atoms with Crippen LogP contribution in [0.3, 0.4) is 0 Å². The van der Waals surface area contributed by atoms with E-state index in [1.807, 2.05) is 32.0 Å². The molecule has 0 radical (unpaired) electrons. The van der Waals surface area contributed by atoms with Gasteiger partial charge in [0.25, 0.3) is 5.91 Å². The van der Waals surface area contributed by atoms with Gasteiger partial charge in [-0.2, -0.15) is 0 Å². The first-order valence-corrected chi connectivity index (χ1v) is 9.66. The van der Waals surface area contributed by atoms with Gasteiger partial charge >= 0.3 is 0 Å². The highest BCUT2D eigenvalue weighted by Crippen LogP contribution is 2.18. The molecule has 0 unspecified atom stereocenters. The number of rotatable bonds is 5. The lowest BCUT2D eigenvalue weighted by molar-refractivity contribution is -0.129. The predicted molar refractivity (Wildman–Crippen MR) is 110 cm³/mol. The first-order chi connectivity index (χ1) is 13.5. The lowest BCUT2D eigenvalue weighted by Gasteiger charge is -2.23. The second-order valence-electron chi connectivity index (χ2n) is 6.46. The zero-order valence-corrected chi connectivity index (χ0v) is 17.1. The molecule has 2 amide bonds. The molecule has 1 fully saturated rings. The highest BCUT2D eigenvalue weighted by molar-refractivity contribution is 5.94. The Balaban J connectivity index is 0.00000136. The fourth-order valence-corrected chi connectivity index (χ4v) is 3.00. The Morgan fingerprint density at radius 1 is 1.21 bits per heavy atom. The minimum Gasteiger partial charge on any atom is -0.366 e. The van der Waals surface area contributed by atoms with Gasteiger partial charge in [-0.15, -0.1) is 0 Å². The van der Waals surface area contributed by atoms with E-state index >= 15 is 0 Å². The van der Waals surface area contributed by atoms with E-state index in [-0.39, 0.29) is 17.9 Å². The van der Waals surface area contributed by atoms with E-state index in [1.165, 1.54) is 0 Å². The van der Waals surface area contributed by atoms with Crippen LogP contribution >= 0.6 is 0 Å². The molecule has 1 atom stereocenters. The molecule has 1 aliphatic heterocycles. The third-order valence-electron chi connectivity index (χ3n) is 4.73. The van der Waals surface area contributed by atoms with Crippen molar-refractivity contribution in [2.75, 3.05) is 25.5 Å². The number of anilines is 1. The highest BCUT2D eigenvalue weighted by atomic mass is 16.2. The van der Waals surface area contributed by atoms with E-state index < -0.39 is 0 Å². The van der Waals surface area contributed by atoms with Gasteiger partial charge in [0.05, 0.1) is 11.6 Å². The van der Waals surface area contributed by atoms with Crippen molar-refractivity contribution in [1.82, 2.24) is 19.8 Å². The first-order valence-electron chi connectivity index (χ1n) is 9.66. The minimum absolute atomic E-state index is 0.0237. The summed E-state index contributed by atoms with van der Waals surface area (Å²) in [6, 6.07) is 7.56. The van der Waals surface area contributed by atoms with Gasteiger partial charge in [0.15, 0.2) is 0 Å². The van der Waals surface area contributed by atoms with Gasteiger partial charge < -0.3 is 15.1 Å². The molecule has 0 spiro atoms. The van der Waals surface area contributed by atoms with Crippen LogP contribution in [-0.2, 0) is 11.3 Å². The molecule has 1 N–H and O–H groups in total. The third kappa shape index (κ3) is 5.52. The van der Waals surface area contributed by atoms with E-state index in [2.05, 4.69) is 15.3 Å². The number of hydrogen-bond acceptors (Lipinski definition) is 5. The summed E-state index contributed by atoms with van der Waals surface area (Å²) in [7, 11) is 1.78. The van der Waals surface area contributed by atoms with Gasteiger partial charge in [-0.05, 0) is 36.2 Å². The number of amides is 2. The van der Waals surface area contributed by atoms with Gasteiger partial charge in [-0.3, -0.25) is 14.6 Å². The Bertz CT molecular complexity index is 764. The van der Waals surface area contributed by atoms with Gasteiger partial charge in [0.2, 0.25) is 5.91 Å². The van der Waals surface area contributed by atoms with E-state index in [4.69, 9.17) is 0 Å². The number of likely N-dealkylation sites (N-methyl/N-ethyl adjacent to an activating group) is 1. The summed E-state index contributed by atoms with van der Waals surface area (Å²) in [5.41, 5.74) is 1.67. The van der Waals surface area contributed by atoms with Crippen molar-refractivity contribution < 1.29 is 9.59 Å². The summed E-state index contributed by atoms with van der Waals surface area (Å²) in [6.07, 6.45) is 5.90. The summed E-state index contributed by atoms with van der Waals surface area (Å²) in [5, 5.41) is 3.22. The number of hydrogen-bond donors (Lipinski definition) is 1. The number of carbonyl (C=O) groups excluding carboxylic acids is 2. The molecule has 28 heavy (non-hydrogen) atoms. The van der Waals surface area contributed by atoms with Crippen LogP contribution in [0, 0.1) is 0 Å². The minimum atomic E-state index is -0.0439. The summed E-state index contributed by atoms with van der Waals surface area (Å²) < 4.78 is 0. The summed E-state index contributed by atoms with van der Waals surface area (Å²) >= 11 is 0. The largest absolute Gasteiger partial charge is 0.366 e. The van der Waals surface area contributed by atoms with Crippen LogP contribution in [-0.4, -0.2) is 57.8 Å². The van der Waals surface area contributed by atoms with Crippen LogP contribution < -0.4 is 5.32 Å². The normalized spacial score (nSPS) is 15.4. The number of nitrogens with one attached hydrogen (secondary N) is 1. The van der Waals surface area contributed by atoms with E-state index in [9.17, 15) is 9.59 Å². The number of pyridine rings is 2. The van der Waals surface area contributed by atoms with Crippen LogP contribution in [0.1, 0.15) is 43.1 Å². The van der Waals surface area contributed by atoms with Crippen LogP contribution in [0.25, 0.3) is 0 Å². The molecule has 7 nitrogen and oxygen atoms in total. The summed E-state index contributed by atoms with van der Waals surface area (Å²) in [4.78, 5) is 35.9. The molecule has 0 saturated carbocycles. The number of nitrogens with zero attached hydrogens (tertiary/aromatic N) is 4. The zero-order chi connectivity index (χ0) is 20.5. The maximum absolute atomic E-state index is 12.6. The standard InChI is InChI=1S/C19H23N5O2.C2H6/c1-14(25)23(2)17-7-10-24(13-17)19(26)16-3-4-18(22-12-16)21-11-15-5-8-20-9-6-15;1-2/h3-6,8-9,12,17H,7,10-11,13H2,1-2H3,(H,21,22);1-2H3/t17-;/m0./s1. The SMILES string of the molecule is CC.CC(=O)N(C)[C@H]1CCN(C(=O)c2ccc(NCc3ccncc3)nc2)C1. The second kappa shape index (κ2) is 10.4. The lowest BCUT2D eigenvalue weighted by Crippen LogP contribution is -2.38. The van der Waals surface area contributed by atoms with Crippen LogP contribution in [0.4, 0.5) is 5.82 Å². The van der Waals surface area contributed by atoms with Crippen molar-refractivity contribution in [3.8, 4) is 0 Å². The smallest absolute Gasteiger partial charge is 0.255 e. The molecule has 0 aliphatic carbocycles. The predicted octanol–water partition coefficient (Wildman–Crippen LogP) is 2.81. The maximum Gasteiger partial charge on any atom is 0.255 e. The molecular weight excluding hydrogens is 354 g/mol. The molecule has 150 valence electrons. The van der Waals surface area contributed by atoms with E-state index in [0.717, 1.165) is 12.0 Å². The molecule has 1 saturated heterocycles. The Hall–Kier alpha value is -2.96. The van der Waals surface area contributed by atoms with Crippen LogP contribution in [0.15, 0.2) is 42.9 Å². The van der Waals surface area contributed by atoms with Crippen molar-refractivity contribution >= 4 is 17.6 Å². The van der Waals surface area contributed by atoms with Crippen molar-refractivity contribution in [3.63, 3.8) is 0 Å². The Morgan fingerprint density at radius 3 is 2.54 bits per heavy atom. The average molecular weight is 383 g/mol. The Morgan fingerprint density at radius 2 is 1.93 bits per heavy atom. The highest BCUT2D eigenvalue weighted by Gasteiger charge is 2.30. The second-order valence-corrected chi connectivity index (χ2v) is 6.46. The maximum atomic E-state index is 12.6. The molecule has 2 aromatic rings. The van der Waals surface area contributed by atoms with Gasteiger partial charge in [-0.25, -0.2) is 4.98 Å². The van der Waals surface area contributed by atoms with Gasteiger partial charge in [0.1, 0.15) is 5.82 Å². The Kier molecular flexibility index (Phi) is 7.92. The molecule has 2 aromatic heterocycles. The molecule has 3 rings (SSSR count). The van der Waals surface area contributed by atoms with Gasteiger partial charge in [0, 0.05) is 52.2 Å². The quantitative estimate of drug-likeness (QED) is 0.859. The fourth-order valence-electron chi connectivity index (χ4n) is 3.00. The molecular formula is C21H29N5O2. The lowest BCUT2D eigenvalue weighted by atomic mass is 10.2. The van der Waals surface area contributed by atoms with Crippen molar-refractivity contribution in [2.24, 2.45) is 0 Å². The Labute approximate surface area is 166 Å². The number of carbonyl (C=O) groups is 2. The van der Waals surface area contributed by atoms with Crippen LogP contribution in [0.5, 0.6) is 0 Å². The zero-order valence-electron chi connectivity index (χ0n) is 17.1. The van der Waals surface area contributed by atoms with Crippen molar-refractivity contribution in [3.05, 3.63) is 54.0 Å². The molecule has 3 heterocycles. The molecule has 1 aliphatic rings. The van der Waals surface area contributed by atoms with E-state index in [1.54, 1.807) is 48.4 Å². The molecule has 0 aromatic carbocycles. The monoisotopic (exact) mass is 383 g/mol. The van der Waals surface area contributed by atoms with Crippen LogP contribution in [0.2, 0.25) is 0 Å². The van der Waals surface area contributed by atoms with Crippen molar-refractivity contribution in [2.45, 2.75) is 39.8 Å². The molecule has 0 bridgehead atoms. The third-order valence-corrected chi connectivity index (χ3v) is 4.73. The number of aromatic nitrogens is 2. The molecule has 7 heteroatoms. The fraction of sp³-hybridized carbons (Fsp3) is 0.429. The summed E-state index contributed by atoms with van der Waals surface area (Å²) in [5.74, 6) is 0.696.